The summed E-state index contributed by atoms with van der Waals surface area (Å²) in [4.78, 5) is 24.3. The van der Waals surface area contributed by atoms with Crippen molar-refractivity contribution in [3.05, 3.63) is 93.2 Å². The summed E-state index contributed by atoms with van der Waals surface area (Å²) < 4.78 is 20.1. The van der Waals surface area contributed by atoms with Gasteiger partial charge in [0.15, 0.2) is 6.04 Å². The Bertz CT molecular complexity index is 1130. The van der Waals surface area contributed by atoms with E-state index in [0.717, 1.165) is 22.3 Å². The molecule has 5 nitrogen and oxygen atoms in total. The fourth-order valence-electron chi connectivity index (χ4n) is 4.03. The number of amides is 1. The summed E-state index contributed by atoms with van der Waals surface area (Å²) in [6, 6.07) is 17.3. The molecule has 7 heteroatoms. The van der Waals surface area contributed by atoms with Crippen molar-refractivity contribution >= 4 is 28.0 Å². The van der Waals surface area contributed by atoms with Crippen molar-refractivity contribution in [1.29, 1.82) is 0 Å². The van der Waals surface area contributed by atoms with Crippen LogP contribution in [0.1, 0.15) is 34.2 Å². The predicted molar refractivity (Wildman–Crippen MR) is 117 cm³/mol. The normalized spacial score (nSPS) is 13.3. The standard InChI is InChI=1S/C24H19BrFNO4/c1-13-10-11-19(25)21(26)20(13)22(23(28)29)27-24(30)31-12-18-16-8-4-2-6-14(16)15-7-3-5-9-17(15)18/h2-11,18,22H,12H2,1H3,(H,27,30)(H,28,29). The van der Waals surface area contributed by atoms with Gasteiger partial charge < -0.3 is 15.2 Å². The van der Waals surface area contributed by atoms with Gasteiger partial charge in [-0.05, 0) is 56.7 Å². The van der Waals surface area contributed by atoms with Gasteiger partial charge in [-0.1, -0.05) is 54.6 Å². The molecule has 31 heavy (non-hydrogen) atoms. The summed E-state index contributed by atoms with van der Waals surface area (Å²) in [6.07, 6.45) is -0.923. The van der Waals surface area contributed by atoms with E-state index in [-0.39, 0.29) is 22.6 Å². The van der Waals surface area contributed by atoms with E-state index in [0.29, 0.717) is 5.56 Å². The second-order valence-electron chi connectivity index (χ2n) is 7.33. The van der Waals surface area contributed by atoms with Crippen molar-refractivity contribution in [1.82, 2.24) is 5.32 Å². The number of aliphatic carboxylic acids is 1. The lowest BCUT2D eigenvalue weighted by atomic mass is 9.98. The van der Waals surface area contributed by atoms with Crippen LogP contribution in [0, 0.1) is 12.7 Å². The first-order valence-corrected chi connectivity index (χ1v) is 10.5. The number of carbonyl (C=O) groups is 2. The minimum atomic E-state index is -1.58. The van der Waals surface area contributed by atoms with Crippen LogP contribution in [0.3, 0.4) is 0 Å². The van der Waals surface area contributed by atoms with Gasteiger partial charge >= 0.3 is 12.1 Å². The van der Waals surface area contributed by atoms with Crippen molar-refractivity contribution in [2.45, 2.75) is 18.9 Å². The molecule has 4 rings (SSSR count). The third-order valence-electron chi connectivity index (χ3n) is 5.49. The van der Waals surface area contributed by atoms with Crippen LogP contribution in [-0.2, 0) is 9.53 Å². The molecule has 3 aromatic carbocycles. The highest BCUT2D eigenvalue weighted by molar-refractivity contribution is 9.10. The monoisotopic (exact) mass is 483 g/mol. The Hall–Kier alpha value is -3.19. The average Bonchev–Trinajstić information content (AvgIpc) is 3.08. The van der Waals surface area contributed by atoms with E-state index in [1.165, 1.54) is 6.07 Å². The highest BCUT2D eigenvalue weighted by Gasteiger charge is 2.31. The summed E-state index contributed by atoms with van der Waals surface area (Å²) in [5.74, 6) is -2.27. The number of hydrogen-bond acceptors (Lipinski definition) is 3. The van der Waals surface area contributed by atoms with Crippen molar-refractivity contribution in [2.24, 2.45) is 0 Å². The molecule has 158 valence electrons. The molecule has 0 aromatic heterocycles. The number of fused-ring (bicyclic) bond motifs is 3. The van der Waals surface area contributed by atoms with E-state index < -0.39 is 23.9 Å². The Morgan fingerprint density at radius 2 is 1.65 bits per heavy atom. The van der Waals surface area contributed by atoms with Crippen molar-refractivity contribution in [2.75, 3.05) is 6.61 Å². The largest absolute Gasteiger partial charge is 0.479 e. The maximum Gasteiger partial charge on any atom is 0.408 e. The fraction of sp³-hybridized carbons (Fsp3) is 0.167. The third-order valence-corrected chi connectivity index (χ3v) is 6.10. The molecule has 0 heterocycles. The number of hydrogen-bond donors (Lipinski definition) is 2. The van der Waals surface area contributed by atoms with Crippen LogP contribution >= 0.6 is 15.9 Å². The second-order valence-corrected chi connectivity index (χ2v) is 8.19. The molecule has 0 aliphatic heterocycles. The Balaban J connectivity index is 1.53. The lowest BCUT2D eigenvalue weighted by Gasteiger charge is -2.19. The zero-order chi connectivity index (χ0) is 22.1. The molecule has 2 N–H and O–H groups in total. The van der Waals surface area contributed by atoms with Gasteiger partial charge in [-0.3, -0.25) is 0 Å². The number of carboxylic acid groups (broad SMARTS) is 1. The molecule has 0 saturated carbocycles. The lowest BCUT2D eigenvalue weighted by Crippen LogP contribution is -2.36. The quantitative estimate of drug-likeness (QED) is 0.497. The van der Waals surface area contributed by atoms with Gasteiger partial charge in [-0.15, -0.1) is 0 Å². The zero-order valence-corrected chi connectivity index (χ0v) is 18.1. The van der Waals surface area contributed by atoms with E-state index in [1.54, 1.807) is 13.0 Å². The highest BCUT2D eigenvalue weighted by Crippen LogP contribution is 2.44. The molecule has 1 atom stereocenters. The summed E-state index contributed by atoms with van der Waals surface area (Å²) >= 11 is 3.06. The minimum Gasteiger partial charge on any atom is -0.479 e. The Morgan fingerprint density at radius 3 is 2.23 bits per heavy atom. The molecule has 0 fully saturated rings. The van der Waals surface area contributed by atoms with Gasteiger partial charge in [0.25, 0.3) is 0 Å². The Morgan fingerprint density at radius 1 is 1.06 bits per heavy atom. The number of carboxylic acids is 1. The number of ether oxygens (including phenoxy) is 1. The first-order chi connectivity index (χ1) is 14.9. The molecule has 1 aliphatic carbocycles. The number of nitrogens with one attached hydrogen (secondary N) is 1. The maximum atomic E-state index is 14.6. The summed E-state index contributed by atoms with van der Waals surface area (Å²) in [6.45, 7) is 1.62. The second kappa shape index (κ2) is 8.51. The van der Waals surface area contributed by atoms with Gasteiger partial charge in [0.05, 0.1) is 4.47 Å². The zero-order valence-electron chi connectivity index (χ0n) is 16.6. The third kappa shape index (κ3) is 3.93. The molecule has 0 bridgehead atoms. The lowest BCUT2D eigenvalue weighted by molar-refractivity contribution is -0.139. The highest BCUT2D eigenvalue weighted by atomic mass is 79.9. The molecule has 1 unspecified atom stereocenters. The van der Waals surface area contributed by atoms with Gasteiger partial charge in [0.1, 0.15) is 12.4 Å². The number of benzene rings is 3. The Labute approximate surface area is 187 Å². The Kier molecular flexibility index (Phi) is 5.78. The summed E-state index contributed by atoms with van der Waals surface area (Å²) in [7, 11) is 0. The van der Waals surface area contributed by atoms with Crippen LogP contribution in [0.4, 0.5) is 9.18 Å². The average molecular weight is 484 g/mol. The van der Waals surface area contributed by atoms with Gasteiger partial charge in [0.2, 0.25) is 0 Å². The molecule has 1 amide bonds. The van der Waals surface area contributed by atoms with Gasteiger partial charge in [-0.25, -0.2) is 14.0 Å². The van der Waals surface area contributed by atoms with Crippen molar-refractivity contribution < 1.29 is 23.8 Å². The molecule has 0 radical (unpaired) electrons. The van der Waals surface area contributed by atoms with E-state index in [9.17, 15) is 19.1 Å². The van der Waals surface area contributed by atoms with Crippen LogP contribution < -0.4 is 5.32 Å². The smallest absolute Gasteiger partial charge is 0.408 e. The summed E-state index contributed by atoms with van der Waals surface area (Å²) in [5.41, 5.74) is 4.55. The fourth-order valence-corrected chi connectivity index (χ4v) is 4.38. The van der Waals surface area contributed by atoms with Crippen LogP contribution in [-0.4, -0.2) is 23.8 Å². The van der Waals surface area contributed by atoms with Crippen molar-refractivity contribution in [3.8, 4) is 11.1 Å². The minimum absolute atomic E-state index is 0.0339. The van der Waals surface area contributed by atoms with E-state index in [1.807, 2.05) is 48.5 Å². The maximum absolute atomic E-state index is 14.6. The van der Waals surface area contributed by atoms with Gasteiger partial charge in [-0.2, -0.15) is 0 Å². The first-order valence-electron chi connectivity index (χ1n) is 9.67. The number of rotatable bonds is 5. The van der Waals surface area contributed by atoms with Crippen LogP contribution in [0.2, 0.25) is 0 Å². The van der Waals surface area contributed by atoms with E-state index in [2.05, 4.69) is 21.2 Å². The molecule has 1 aliphatic rings. The van der Waals surface area contributed by atoms with Crippen molar-refractivity contribution in [3.63, 3.8) is 0 Å². The summed E-state index contributed by atoms with van der Waals surface area (Å²) in [5, 5.41) is 11.9. The molecule has 0 spiro atoms. The number of halogens is 2. The molecule has 0 saturated heterocycles. The predicted octanol–water partition coefficient (Wildman–Crippen LogP) is 5.56. The van der Waals surface area contributed by atoms with E-state index in [4.69, 9.17) is 4.74 Å². The number of alkyl carbamates (subject to hydrolysis) is 1. The number of aryl methyl sites for hydroxylation is 1. The SMILES string of the molecule is Cc1ccc(Br)c(F)c1C(NC(=O)OCC1c2ccccc2-c2ccccc21)C(=O)O. The topological polar surface area (TPSA) is 75.6 Å². The molecular formula is C24H19BrFNO4. The van der Waals surface area contributed by atoms with Crippen LogP contribution in [0.25, 0.3) is 11.1 Å². The first kappa shape index (κ1) is 21.1. The molecule has 3 aromatic rings. The van der Waals surface area contributed by atoms with Gasteiger partial charge in [0, 0.05) is 11.5 Å². The van der Waals surface area contributed by atoms with Crippen LogP contribution in [0.15, 0.2) is 65.1 Å². The number of carbonyl (C=O) groups excluding carboxylic acids is 1. The van der Waals surface area contributed by atoms with E-state index >= 15 is 0 Å². The molecular weight excluding hydrogens is 465 g/mol. The van der Waals surface area contributed by atoms with Crippen LogP contribution in [0.5, 0.6) is 0 Å².